The highest BCUT2D eigenvalue weighted by atomic mass is 35.5. The average Bonchev–Trinajstić information content (AvgIpc) is 2.49. The van der Waals surface area contributed by atoms with E-state index >= 15 is 0 Å². The first-order valence-corrected chi connectivity index (χ1v) is 4.45. The fourth-order valence-electron chi connectivity index (χ4n) is 1.33. The van der Waals surface area contributed by atoms with Crippen LogP contribution in [0.4, 0.5) is 0 Å². The fraction of sp³-hybridized carbons (Fsp3) is 0.111. The number of aromatic amines is 1. The molecule has 2 aromatic heterocycles. The molecular weight excluding hydrogens is 202 g/mol. The highest BCUT2D eigenvalue weighted by Crippen LogP contribution is 2.10. The van der Waals surface area contributed by atoms with Crippen LogP contribution >= 0.6 is 11.6 Å². The van der Waals surface area contributed by atoms with Crippen LogP contribution in [0.5, 0.6) is 0 Å². The molecule has 0 radical (unpaired) electrons. The highest BCUT2D eigenvalue weighted by Gasteiger charge is 2.06. The minimum Gasteiger partial charge on any atom is -0.328 e. The van der Waals surface area contributed by atoms with Gasteiger partial charge >= 0.3 is 0 Å². The van der Waals surface area contributed by atoms with E-state index in [1.54, 1.807) is 18.3 Å². The Labute approximate surface area is 84.8 Å². The van der Waals surface area contributed by atoms with Crippen molar-refractivity contribution in [2.24, 2.45) is 0 Å². The van der Waals surface area contributed by atoms with E-state index in [4.69, 9.17) is 11.6 Å². The normalized spacial score (nSPS) is 10.6. The summed E-state index contributed by atoms with van der Waals surface area (Å²) < 4.78 is 1.81. The lowest BCUT2D eigenvalue weighted by atomic mass is 10.4. The molecular formula is C9H8ClN3O. The molecule has 2 heterocycles. The number of allylic oxidation sites excluding steroid dienone is 1. The van der Waals surface area contributed by atoms with E-state index in [9.17, 15) is 4.79 Å². The number of aromatic nitrogens is 3. The Morgan fingerprint density at radius 1 is 1.71 bits per heavy atom. The molecule has 0 spiro atoms. The maximum Gasteiger partial charge on any atom is 0.261 e. The summed E-state index contributed by atoms with van der Waals surface area (Å²) >= 11 is 5.65. The molecule has 0 bridgehead atoms. The van der Waals surface area contributed by atoms with Gasteiger partial charge in [0.2, 0.25) is 5.28 Å². The van der Waals surface area contributed by atoms with Gasteiger partial charge in [-0.2, -0.15) is 0 Å². The van der Waals surface area contributed by atoms with E-state index in [0.717, 1.165) is 0 Å². The number of fused-ring (bicyclic) bond motifs is 1. The smallest absolute Gasteiger partial charge is 0.261 e. The number of hydrogen-bond donors (Lipinski definition) is 1. The Balaban J connectivity index is 2.78. The lowest BCUT2D eigenvalue weighted by Crippen LogP contribution is -2.08. The first-order valence-electron chi connectivity index (χ1n) is 4.08. The number of halogens is 1. The van der Waals surface area contributed by atoms with Crippen molar-refractivity contribution in [1.82, 2.24) is 14.5 Å². The van der Waals surface area contributed by atoms with Crippen LogP contribution in [-0.2, 0) is 6.54 Å². The van der Waals surface area contributed by atoms with Crippen LogP contribution < -0.4 is 5.56 Å². The van der Waals surface area contributed by atoms with Crippen LogP contribution in [0.25, 0.3) is 11.0 Å². The van der Waals surface area contributed by atoms with Crippen LogP contribution in [0, 0.1) is 0 Å². The molecule has 5 heteroatoms. The second-order valence-corrected chi connectivity index (χ2v) is 3.21. The molecule has 0 atom stereocenters. The van der Waals surface area contributed by atoms with Gasteiger partial charge in [0, 0.05) is 12.7 Å². The third kappa shape index (κ3) is 1.33. The summed E-state index contributed by atoms with van der Waals surface area (Å²) in [7, 11) is 0. The zero-order valence-electron chi connectivity index (χ0n) is 7.33. The maximum absolute atomic E-state index is 11.4. The summed E-state index contributed by atoms with van der Waals surface area (Å²) in [6, 6.07) is 1.71. The molecule has 0 aromatic carbocycles. The predicted octanol–water partition coefficient (Wildman–Crippen LogP) is 1.56. The third-order valence-electron chi connectivity index (χ3n) is 1.93. The molecule has 2 aromatic rings. The van der Waals surface area contributed by atoms with Crippen molar-refractivity contribution < 1.29 is 0 Å². The summed E-state index contributed by atoms with van der Waals surface area (Å²) in [6.45, 7) is 4.23. The van der Waals surface area contributed by atoms with Crippen LogP contribution in [0.2, 0.25) is 5.28 Å². The average molecular weight is 210 g/mol. The van der Waals surface area contributed by atoms with E-state index in [0.29, 0.717) is 17.6 Å². The van der Waals surface area contributed by atoms with Crippen molar-refractivity contribution in [2.45, 2.75) is 6.54 Å². The van der Waals surface area contributed by atoms with Gasteiger partial charge in [0.05, 0.1) is 5.39 Å². The lowest BCUT2D eigenvalue weighted by molar-refractivity contribution is 0.849. The van der Waals surface area contributed by atoms with Crippen LogP contribution in [-0.4, -0.2) is 14.5 Å². The number of nitrogens with zero attached hydrogens (tertiary/aromatic N) is 2. The standard InChI is InChI=1S/C9H8ClN3O/c1-2-4-13-5-3-6-7(13)11-9(10)12-8(6)14/h2-3,5H,1,4H2,(H,11,12,14). The molecule has 72 valence electrons. The number of H-pyrrole nitrogens is 1. The van der Waals surface area contributed by atoms with Gasteiger partial charge in [0.25, 0.3) is 5.56 Å². The van der Waals surface area contributed by atoms with Gasteiger partial charge in [0.1, 0.15) is 5.65 Å². The van der Waals surface area contributed by atoms with Crippen molar-refractivity contribution in [3.05, 3.63) is 40.6 Å². The van der Waals surface area contributed by atoms with Gasteiger partial charge in [-0.15, -0.1) is 6.58 Å². The topological polar surface area (TPSA) is 50.7 Å². The van der Waals surface area contributed by atoms with E-state index in [1.807, 2.05) is 4.57 Å². The Morgan fingerprint density at radius 2 is 2.50 bits per heavy atom. The van der Waals surface area contributed by atoms with Crippen LogP contribution in [0.3, 0.4) is 0 Å². The number of rotatable bonds is 2. The highest BCUT2D eigenvalue weighted by molar-refractivity contribution is 6.28. The zero-order valence-corrected chi connectivity index (χ0v) is 8.08. The molecule has 0 unspecified atom stereocenters. The molecule has 0 amide bonds. The lowest BCUT2D eigenvalue weighted by Gasteiger charge is -1.99. The summed E-state index contributed by atoms with van der Waals surface area (Å²) in [5.41, 5.74) is 0.362. The largest absolute Gasteiger partial charge is 0.328 e. The fourth-order valence-corrected chi connectivity index (χ4v) is 1.50. The first-order chi connectivity index (χ1) is 6.72. The molecule has 14 heavy (non-hydrogen) atoms. The molecule has 0 aliphatic carbocycles. The minimum absolute atomic E-state index is 0.103. The van der Waals surface area contributed by atoms with Gasteiger partial charge in [-0.25, -0.2) is 4.98 Å². The van der Waals surface area contributed by atoms with Crippen molar-refractivity contribution in [3.63, 3.8) is 0 Å². The van der Waals surface area contributed by atoms with Gasteiger partial charge in [-0.1, -0.05) is 6.08 Å². The third-order valence-corrected chi connectivity index (χ3v) is 2.10. The van der Waals surface area contributed by atoms with E-state index in [-0.39, 0.29) is 10.8 Å². The second-order valence-electron chi connectivity index (χ2n) is 2.85. The van der Waals surface area contributed by atoms with Gasteiger partial charge < -0.3 is 4.57 Å². The van der Waals surface area contributed by atoms with E-state index < -0.39 is 0 Å². The van der Waals surface area contributed by atoms with Crippen molar-refractivity contribution >= 4 is 22.6 Å². The molecule has 0 aliphatic heterocycles. The van der Waals surface area contributed by atoms with E-state index in [1.165, 1.54) is 0 Å². The van der Waals surface area contributed by atoms with Crippen molar-refractivity contribution in [2.75, 3.05) is 0 Å². The summed E-state index contributed by atoms with van der Waals surface area (Å²) in [5, 5.41) is 0.641. The van der Waals surface area contributed by atoms with Gasteiger partial charge in [-0.05, 0) is 17.7 Å². The molecule has 1 N–H and O–H groups in total. The number of nitrogens with one attached hydrogen (secondary N) is 1. The predicted molar refractivity (Wildman–Crippen MR) is 55.6 cm³/mol. The van der Waals surface area contributed by atoms with Crippen molar-refractivity contribution in [3.8, 4) is 0 Å². The number of hydrogen-bond acceptors (Lipinski definition) is 2. The zero-order chi connectivity index (χ0) is 10.1. The van der Waals surface area contributed by atoms with Crippen LogP contribution in [0.15, 0.2) is 29.7 Å². The van der Waals surface area contributed by atoms with E-state index in [2.05, 4.69) is 16.5 Å². The molecule has 0 aliphatic rings. The quantitative estimate of drug-likeness (QED) is 0.603. The minimum atomic E-state index is -0.220. The summed E-state index contributed by atoms with van der Waals surface area (Å²) in [6.07, 6.45) is 3.52. The van der Waals surface area contributed by atoms with Crippen LogP contribution in [0.1, 0.15) is 0 Å². The summed E-state index contributed by atoms with van der Waals surface area (Å²) in [4.78, 5) is 17.9. The Hall–Kier alpha value is -1.55. The SMILES string of the molecule is C=CCn1ccc2c(=O)[nH]c(Cl)nc21. The molecule has 0 fully saturated rings. The molecule has 4 nitrogen and oxygen atoms in total. The Kier molecular flexibility index (Phi) is 2.13. The maximum atomic E-state index is 11.4. The molecule has 2 rings (SSSR count). The second kappa shape index (κ2) is 3.31. The monoisotopic (exact) mass is 209 g/mol. The Morgan fingerprint density at radius 3 is 3.21 bits per heavy atom. The first kappa shape index (κ1) is 9.02. The Bertz CT molecular complexity index is 540. The van der Waals surface area contributed by atoms with Gasteiger partial charge in [0.15, 0.2) is 0 Å². The molecule has 0 saturated heterocycles. The van der Waals surface area contributed by atoms with Gasteiger partial charge in [-0.3, -0.25) is 9.78 Å². The van der Waals surface area contributed by atoms with Crippen molar-refractivity contribution in [1.29, 1.82) is 0 Å². The summed E-state index contributed by atoms with van der Waals surface area (Å²) in [5.74, 6) is 0. The molecule has 0 saturated carbocycles.